The largest absolute Gasteiger partial charge is 0.480 e. The van der Waals surface area contributed by atoms with E-state index in [9.17, 15) is 4.79 Å². The highest BCUT2D eigenvalue weighted by molar-refractivity contribution is 6.39. The van der Waals surface area contributed by atoms with Crippen LogP contribution < -0.4 is 20.1 Å². The van der Waals surface area contributed by atoms with Crippen LogP contribution in [0.3, 0.4) is 0 Å². The zero-order valence-corrected chi connectivity index (χ0v) is 28.2. The zero-order chi connectivity index (χ0) is 33.5. The number of nitrogens with zero attached hydrogens (tertiary/aromatic N) is 5. The molecule has 0 unspecified atom stereocenters. The molecule has 1 aliphatic heterocycles. The first-order valence-electron chi connectivity index (χ1n) is 15.7. The molecule has 0 bridgehead atoms. The second-order valence-electron chi connectivity index (χ2n) is 11.4. The molecule has 1 atom stereocenters. The minimum absolute atomic E-state index is 0.124. The third-order valence-corrected chi connectivity index (χ3v) is 9.09. The predicted molar refractivity (Wildman–Crippen MR) is 186 cm³/mol. The maximum Gasteiger partial charge on any atom is 0.237 e. The van der Waals surface area contributed by atoms with Crippen LogP contribution in [0.1, 0.15) is 42.6 Å². The number of aromatic nitrogens is 5. The monoisotopic (exact) mass is 683 g/mol. The van der Waals surface area contributed by atoms with Crippen molar-refractivity contribution in [1.82, 2.24) is 35.6 Å². The van der Waals surface area contributed by atoms with Crippen LogP contribution in [-0.4, -0.2) is 51.1 Å². The molecule has 1 fully saturated rings. The van der Waals surface area contributed by atoms with Crippen molar-refractivity contribution in [2.45, 2.75) is 51.2 Å². The lowest BCUT2D eigenvalue weighted by Gasteiger charge is -2.15. The van der Waals surface area contributed by atoms with Gasteiger partial charge in [0.25, 0.3) is 0 Å². The van der Waals surface area contributed by atoms with Gasteiger partial charge in [-0.25, -0.2) is 9.97 Å². The van der Waals surface area contributed by atoms with Gasteiger partial charge in [0.05, 0.1) is 48.0 Å². The summed E-state index contributed by atoms with van der Waals surface area (Å²) in [6.07, 6.45) is 10.9. The fourth-order valence-electron chi connectivity index (χ4n) is 5.78. The average Bonchev–Trinajstić information content (AvgIpc) is 3.54. The fourth-order valence-corrected chi connectivity index (χ4v) is 6.43. The molecule has 2 aromatic carbocycles. The Morgan fingerprint density at radius 3 is 1.98 bits per heavy atom. The van der Waals surface area contributed by atoms with E-state index >= 15 is 0 Å². The maximum atomic E-state index is 11.5. The predicted octanol–water partition coefficient (Wildman–Crippen LogP) is 6.88. The molecule has 6 rings (SSSR count). The highest BCUT2D eigenvalue weighted by Crippen LogP contribution is 2.42. The van der Waals surface area contributed by atoms with Crippen molar-refractivity contribution in [3.05, 3.63) is 100 Å². The summed E-state index contributed by atoms with van der Waals surface area (Å²) in [4.78, 5) is 34.4. The first-order chi connectivity index (χ1) is 23.4. The van der Waals surface area contributed by atoms with Gasteiger partial charge in [0, 0.05) is 60.2 Å². The van der Waals surface area contributed by atoms with Crippen molar-refractivity contribution in [3.8, 4) is 45.4 Å². The van der Waals surface area contributed by atoms with Gasteiger partial charge in [-0.1, -0.05) is 59.6 Å². The van der Waals surface area contributed by atoms with E-state index in [1.54, 1.807) is 39.0 Å². The second kappa shape index (κ2) is 15.5. The Morgan fingerprint density at radius 2 is 1.40 bits per heavy atom. The van der Waals surface area contributed by atoms with Gasteiger partial charge in [-0.3, -0.25) is 19.7 Å². The van der Waals surface area contributed by atoms with Gasteiger partial charge in [0.2, 0.25) is 17.7 Å². The minimum Gasteiger partial charge on any atom is -0.480 e. The van der Waals surface area contributed by atoms with Gasteiger partial charge in [-0.05, 0) is 43.4 Å². The molecule has 48 heavy (non-hydrogen) atoms. The number of nitrogens with one attached hydrogen (secondary N) is 2. The first kappa shape index (κ1) is 33.3. The summed E-state index contributed by atoms with van der Waals surface area (Å²) in [6.45, 7) is 1.14. The third kappa shape index (κ3) is 7.57. The number of carbonyl (C=O) groups is 1. The van der Waals surface area contributed by atoms with Gasteiger partial charge in [0.1, 0.15) is 11.4 Å². The van der Waals surface area contributed by atoms with Crippen LogP contribution in [0.15, 0.2) is 73.3 Å². The number of amides is 1. The Kier molecular flexibility index (Phi) is 10.7. The Morgan fingerprint density at radius 1 is 0.812 bits per heavy atom. The molecule has 246 valence electrons. The summed E-state index contributed by atoms with van der Waals surface area (Å²) >= 11 is 14.1. The van der Waals surface area contributed by atoms with Crippen LogP contribution in [0.5, 0.6) is 11.8 Å². The summed E-state index contributed by atoms with van der Waals surface area (Å²) in [5.74, 6) is 0.990. The van der Waals surface area contributed by atoms with E-state index in [0.717, 1.165) is 41.6 Å². The molecular weight excluding hydrogens is 649 g/mol. The lowest BCUT2D eigenvalue weighted by molar-refractivity contribution is -0.119. The Hall–Kier alpha value is -4.64. The maximum absolute atomic E-state index is 11.5. The molecule has 1 amide bonds. The molecule has 3 aromatic heterocycles. The summed E-state index contributed by atoms with van der Waals surface area (Å²) in [6, 6.07) is 15.6. The van der Waals surface area contributed by atoms with E-state index in [1.807, 2.05) is 48.5 Å². The number of hydrogen-bond acceptors (Lipinski definition) is 9. The van der Waals surface area contributed by atoms with Crippen molar-refractivity contribution in [1.29, 1.82) is 0 Å². The van der Waals surface area contributed by atoms with Crippen LogP contribution in [0.25, 0.3) is 33.6 Å². The number of aryl methyl sites for hydroxylation is 1. The van der Waals surface area contributed by atoms with E-state index < -0.39 is 0 Å². The van der Waals surface area contributed by atoms with Crippen molar-refractivity contribution >= 4 is 29.1 Å². The topological polar surface area (TPSA) is 124 Å². The SMILES string of the molecule is COc1nc(-c2cccc(-c3cccc(-c4cnc(CNCc5ccncc5)c(OC)n4)c3Cl)c2Cl)cnc1CCC[C@@H]1CCC(=O)N1. The van der Waals surface area contributed by atoms with E-state index in [2.05, 4.69) is 25.6 Å². The number of benzene rings is 2. The summed E-state index contributed by atoms with van der Waals surface area (Å²) < 4.78 is 11.2. The fraction of sp³-hybridized carbons (Fsp3) is 0.278. The zero-order valence-electron chi connectivity index (χ0n) is 26.7. The van der Waals surface area contributed by atoms with Crippen LogP contribution in [0, 0.1) is 0 Å². The molecule has 12 heteroatoms. The molecule has 2 N–H and O–H groups in total. The molecule has 1 aliphatic rings. The molecule has 4 heterocycles. The molecule has 0 spiro atoms. The van der Waals surface area contributed by atoms with E-state index in [1.165, 1.54) is 0 Å². The summed E-state index contributed by atoms with van der Waals surface area (Å²) in [5.41, 5.74) is 6.59. The highest BCUT2D eigenvalue weighted by atomic mass is 35.5. The quantitative estimate of drug-likeness (QED) is 0.137. The van der Waals surface area contributed by atoms with Gasteiger partial charge >= 0.3 is 0 Å². The standard InChI is InChI=1S/C36H35Cl2N7O3/c1-47-35-28(11-3-6-23-12-13-32(46)43-23)41-20-29(44-35)26-9-4-7-24(33(26)37)25-8-5-10-27(34(25)38)30-21-42-31(36(45-30)48-2)19-40-18-22-14-16-39-17-15-22/h4-5,7-10,14-17,20-21,23,40H,3,6,11-13,18-19H2,1-2H3,(H,43,46)/t23-/m1/s1. The van der Waals surface area contributed by atoms with Crippen molar-refractivity contribution in [3.63, 3.8) is 0 Å². The smallest absolute Gasteiger partial charge is 0.237 e. The lowest BCUT2D eigenvalue weighted by Crippen LogP contribution is -2.25. The van der Waals surface area contributed by atoms with Gasteiger partial charge in [0.15, 0.2) is 0 Å². The van der Waals surface area contributed by atoms with Crippen molar-refractivity contribution in [2.24, 2.45) is 0 Å². The van der Waals surface area contributed by atoms with E-state index in [0.29, 0.717) is 75.9 Å². The first-order valence-corrected chi connectivity index (χ1v) is 16.5. The van der Waals surface area contributed by atoms with Crippen molar-refractivity contribution < 1.29 is 14.3 Å². The number of hydrogen-bond donors (Lipinski definition) is 2. The molecular formula is C36H35Cl2N7O3. The van der Waals surface area contributed by atoms with E-state index in [-0.39, 0.29) is 11.9 Å². The molecule has 1 saturated heterocycles. The number of carbonyl (C=O) groups excluding carboxylic acids is 1. The Balaban J connectivity index is 1.21. The number of halogens is 2. The van der Waals surface area contributed by atoms with Crippen molar-refractivity contribution in [2.75, 3.05) is 14.2 Å². The number of methoxy groups -OCH3 is 2. The molecule has 0 saturated carbocycles. The number of pyridine rings is 1. The summed E-state index contributed by atoms with van der Waals surface area (Å²) in [7, 11) is 3.16. The van der Waals surface area contributed by atoms with Crippen LogP contribution in [0.4, 0.5) is 0 Å². The normalized spacial score (nSPS) is 14.2. The van der Waals surface area contributed by atoms with Crippen LogP contribution >= 0.6 is 23.2 Å². The Labute approximate surface area is 289 Å². The van der Waals surface area contributed by atoms with E-state index in [4.69, 9.17) is 42.6 Å². The number of rotatable bonds is 13. The second-order valence-corrected chi connectivity index (χ2v) is 12.2. The Bertz CT molecular complexity index is 1910. The van der Waals surface area contributed by atoms with Gasteiger partial charge in [-0.2, -0.15) is 0 Å². The average molecular weight is 685 g/mol. The highest BCUT2D eigenvalue weighted by Gasteiger charge is 2.22. The molecule has 10 nitrogen and oxygen atoms in total. The minimum atomic E-state index is 0.124. The number of ether oxygens (including phenoxy) is 2. The lowest BCUT2D eigenvalue weighted by atomic mass is 9.98. The third-order valence-electron chi connectivity index (χ3n) is 8.27. The van der Waals surface area contributed by atoms with Crippen LogP contribution in [-0.2, 0) is 24.3 Å². The van der Waals surface area contributed by atoms with Gasteiger partial charge < -0.3 is 20.1 Å². The molecule has 0 aliphatic carbocycles. The molecule has 0 radical (unpaired) electrons. The summed E-state index contributed by atoms with van der Waals surface area (Å²) in [5, 5.41) is 7.35. The van der Waals surface area contributed by atoms with Gasteiger partial charge in [-0.15, -0.1) is 0 Å². The van der Waals surface area contributed by atoms with Crippen LogP contribution in [0.2, 0.25) is 10.0 Å². The molecule has 5 aromatic rings.